The van der Waals surface area contributed by atoms with Crippen LogP contribution in [0.1, 0.15) is 18.4 Å². The van der Waals surface area contributed by atoms with E-state index in [1.807, 2.05) is 0 Å². The second kappa shape index (κ2) is 8.02. The summed E-state index contributed by atoms with van der Waals surface area (Å²) in [6.45, 7) is 0. The van der Waals surface area contributed by atoms with Crippen LogP contribution in [0.3, 0.4) is 0 Å². The van der Waals surface area contributed by atoms with Crippen molar-refractivity contribution >= 4 is 12.0 Å². The van der Waals surface area contributed by atoms with Gasteiger partial charge in [0.05, 0.1) is 19.3 Å². The molecule has 0 radical (unpaired) electrons. The lowest BCUT2D eigenvalue weighted by atomic mass is 9.79. The van der Waals surface area contributed by atoms with Crippen LogP contribution in [-0.2, 0) is 9.53 Å². The first-order chi connectivity index (χ1) is 12.2. The molecule has 1 unspecified atom stereocenters. The van der Waals surface area contributed by atoms with Gasteiger partial charge in [0, 0.05) is 12.8 Å². The van der Waals surface area contributed by atoms with Gasteiger partial charge in [-0.1, -0.05) is 12.1 Å². The number of phenols is 1. The normalized spacial score (nSPS) is 30.3. The smallest absolute Gasteiger partial charge is 0.335 e. The molecular weight excluding hydrogens is 348 g/mol. The van der Waals surface area contributed by atoms with Gasteiger partial charge in [-0.05, 0) is 23.8 Å². The molecule has 6 N–H and O–H groups in total. The van der Waals surface area contributed by atoms with E-state index in [0.29, 0.717) is 5.56 Å². The van der Waals surface area contributed by atoms with E-state index in [1.54, 1.807) is 6.07 Å². The molecule has 0 spiro atoms. The van der Waals surface area contributed by atoms with Gasteiger partial charge >= 0.3 is 5.97 Å². The summed E-state index contributed by atoms with van der Waals surface area (Å²) >= 11 is 0. The Morgan fingerprint density at radius 1 is 1.35 bits per heavy atom. The summed E-state index contributed by atoms with van der Waals surface area (Å²) in [7, 11) is 1.41. The number of hydrogen-bond acceptors (Lipinski definition) is 8. The number of carboxylic acids is 1. The molecule has 26 heavy (non-hydrogen) atoms. The number of aliphatic carboxylic acids is 1. The maximum Gasteiger partial charge on any atom is 0.335 e. The monoisotopic (exact) mass is 370 g/mol. The largest absolute Gasteiger partial charge is 0.504 e. The molecule has 1 aromatic rings. The molecule has 0 aliphatic heterocycles. The van der Waals surface area contributed by atoms with Crippen molar-refractivity contribution in [3.63, 3.8) is 0 Å². The minimum absolute atomic E-state index is 0.0950. The van der Waals surface area contributed by atoms with Crippen molar-refractivity contribution in [3.8, 4) is 11.5 Å². The van der Waals surface area contributed by atoms with E-state index in [2.05, 4.69) is 0 Å². The minimum atomic E-state index is -2.26. The number of hydrogen-bond donors (Lipinski definition) is 6. The van der Waals surface area contributed by atoms with Gasteiger partial charge in [0.2, 0.25) is 0 Å². The van der Waals surface area contributed by atoms with Gasteiger partial charge in [-0.25, -0.2) is 4.79 Å². The Kier molecular flexibility index (Phi) is 6.21. The van der Waals surface area contributed by atoms with Crippen LogP contribution >= 0.6 is 0 Å². The molecule has 144 valence electrons. The third-order valence-corrected chi connectivity index (χ3v) is 4.23. The highest BCUT2D eigenvalue weighted by Gasteiger charge is 2.49. The van der Waals surface area contributed by atoms with Crippen molar-refractivity contribution in [2.24, 2.45) is 0 Å². The second-order valence-corrected chi connectivity index (χ2v) is 6.16. The highest BCUT2D eigenvalue weighted by molar-refractivity contribution is 5.77. The van der Waals surface area contributed by atoms with Crippen molar-refractivity contribution < 1.29 is 44.9 Å². The lowest BCUT2D eigenvalue weighted by molar-refractivity contribution is -0.216. The van der Waals surface area contributed by atoms with E-state index in [-0.39, 0.29) is 11.5 Å². The van der Waals surface area contributed by atoms with Crippen LogP contribution in [0.2, 0.25) is 0 Å². The molecule has 1 fully saturated rings. The topological polar surface area (TPSA) is 157 Å². The van der Waals surface area contributed by atoms with Crippen LogP contribution in [0.15, 0.2) is 24.3 Å². The number of ether oxygens (including phenoxy) is 2. The fraction of sp³-hybridized carbons (Fsp3) is 0.471. The minimum Gasteiger partial charge on any atom is -0.504 e. The predicted octanol–water partition coefficient (Wildman–Crippen LogP) is -0.551. The first kappa shape index (κ1) is 20.1. The molecule has 1 saturated carbocycles. The zero-order valence-corrected chi connectivity index (χ0v) is 14.0. The number of carbonyl (C=O) groups is 1. The predicted molar refractivity (Wildman–Crippen MR) is 88.4 cm³/mol. The molecule has 9 nitrogen and oxygen atoms in total. The van der Waals surface area contributed by atoms with Gasteiger partial charge in [-0.3, -0.25) is 0 Å². The average Bonchev–Trinajstić information content (AvgIpc) is 2.57. The molecule has 1 aliphatic rings. The fourth-order valence-electron chi connectivity index (χ4n) is 2.78. The van der Waals surface area contributed by atoms with Crippen molar-refractivity contribution in [3.05, 3.63) is 29.8 Å². The number of aliphatic hydroxyl groups excluding tert-OH is 3. The van der Waals surface area contributed by atoms with E-state index in [4.69, 9.17) is 14.6 Å². The van der Waals surface area contributed by atoms with Gasteiger partial charge in [0.1, 0.15) is 6.10 Å². The van der Waals surface area contributed by atoms with Crippen LogP contribution in [0.5, 0.6) is 11.5 Å². The van der Waals surface area contributed by atoms with Crippen molar-refractivity contribution in [1.82, 2.24) is 0 Å². The first-order valence-corrected chi connectivity index (χ1v) is 7.87. The van der Waals surface area contributed by atoms with Gasteiger partial charge in [0.15, 0.2) is 23.4 Å². The number of phenolic OH excluding ortho intramolecular Hbond substituents is 1. The van der Waals surface area contributed by atoms with Crippen molar-refractivity contribution in [2.75, 3.05) is 7.11 Å². The van der Waals surface area contributed by atoms with Gasteiger partial charge < -0.3 is 40.1 Å². The summed E-state index contributed by atoms with van der Waals surface area (Å²) in [4.78, 5) is 11.1. The highest BCUT2D eigenvalue weighted by atomic mass is 16.6. The Morgan fingerprint density at radius 3 is 2.62 bits per heavy atom. The van der Waals surface area contributed by atoms with Crippen LogP contribution in [0, 0.1) is 0 Å². The van der Waals surface area contributed by atoms with Crippen molar-refractivity contribution in [1.29, 1.82) is 0 Å². The van der Waals surface area contributed by atoms with Gasteiger partial charge in [-0.2, -0.15) is 0 Å². The van der Waals surface area contributed by atoms with Crippen LogP contribution in [-0.4, -0.2) is 73.9 Å². The summed E-state index contributed by atoms with van der Waals surface area (Å²) in [6.07, 6.45) is -4.19. The molecule has 2 rings (SSSR count). The fourth-order valence-corrected chi connectivity index (χ4v) is 2.78. The summed E-state index contributed by atoms with van der Waals surface area (Å²) < 4.78 is 10.1. The third-order valence-electron chi connectivity index (χ3n) is 4.23. The maximum atomic E-state index is 11.1. The Hall–Kier alpha value is -2.17. The molecule has 5 atom stereocenters. The summed E-state index contributed by atoms with van der Waals surface area (Å²) in [5.41, 5.74) is -1.73. The average molecular weight is 370 g/mol. The number of rotatable bonds is 6. The Labute approximate surface area is 149 Å². The second-order valence-electron chi connectivity index (χ2n) is 6.16. The standard InChI is InChI=1S/C17H22O9/c1-25-12-4-2-9(6-10(12)18)3-5-14(20)26-13-8-17(24,16(22)23)7-11(19)15(13)21/h2-6,11,13-15,18-21,24H,7-8H2,1H3,(H,22,23)/b5-3+/t11-,13-,14?,15-,17+/m1/s1. The molecule has 0 bridgehead atoms. The number of aliphatic hydroxyl groups is 4. The molecule has 1 aliphatic carbocycles. The lowest BCUT2D eigenvalue weighted by Gasteiger charge is -2.40. The quantitative estimate of drug-likeness (QED) is 0.361. The maximum absolute atomic E-state index is 11.1. The van der Waals surface area contributed by atoms with Crippen LogP contribution in [0.4, 0.5) is 0 Å². The molecular formula is C17H22O9. The molecule has 1 aromatic carbocycles. The number of aromatic hydroxyl groups is 1. The van der Waals surface area contributed by atoms with E-state index < -0.39 is 49.0 Å². The molecule has 0 saturated heterocycles. The van der Waals surface area contributed by atoms with E-state index in [9.17, 15) is 30.3 Å². The van der Waals surface area contributed by atoms with E-state index >= 15 is 0 Å². The summed E-state index contributed by atoms with van der Waals surface area (Å²) in [5, 5.41) is 58.4. The van der Waals surface area contributed by atoms with Crippen LogP contribution < -0.4 is 4.74 Å². The lowest BCUT2D eigenvalue weighted by Crippen LogP contribution is -2.57. The van der Waals surface area contributed by atoms with Gasteiger partial charge in [0.25, 0.3) is 0 Å². The summed E-state index contributed by atoms with van der Waals surface area (Å²) in [5.74, 6) is -1.36. The first-order valence-electron chi connectivity index (χ1n) is 7.87. The molecule has 0 heterocycles. The Morgan fingerprint density at radius 2 is 2.04 bits per heavy atom. The molecule has 9 heteroatoms. The number of methoxy groups -OCH3 is 1. The van der Waals surface area contributed by atoms with Crippen molar-refractivity contribution in [2.45, 2.75) is 43.0 Å². The number of carboxylic acid groups (broad SMARTS) is 1. The zero-order valence-electron chi connectivity index (χ0n) is 14.0. The zero-order chi connectivity index (χ0) is 19.5. The van der Waals surface area contributed by atoms with Gasteiger partial charge in [-0.15, -0.1) is 0 Å². The van der Waals surface area contributed by atoms with E-state index in [1.165, 1.54) is 31.4 Å². The highest BCUT2D eigenvalue weighted by Crippen LogP contribution is 2.32. The Balaban J connectivity index is 2.04. The Bertz CT molecular complexity index is 674. The number of benzene rings is 1. The third kappa shape index (κ3) is 4.51. The molecule has 0 aromatic heterocycles. The SMILES string of the molecule is COc1ccc(/C=C/C(O)O[C@@H]2C[C@](O)(C(=O)O)C[C@@H](O)[C@H]2O)cc1O. The summed E-state index contributed by atoms with van der Waals surface area (Å²) in [6, 6.07) is 4.53. The van der Waals surface area contributed by atoms with E-state index in [0.717, 1.165) is 0 Å². The molecule has 0 amide bonds. The van der Waals surface area contributed by atoms with Crippen LogP contribution in [0.25, 0.3) is 6.08 Å².